The fourth-order valence-corrected chi connectivity index (χ4v) is 3.23. The lowest BCUT2D eigenvalue weighted by Gasteiger charge is -2.36. The molecule has 5 nitrogen and oxygen atoms in total. The molecule has 1 saturated heterocycles. The number of carbonyl (C=O) groups excluding carboxylic acids is 2. The third kappa shape index (κ3) is 3.25. The summed E-state index contributed by atoms with van der Waals surface area (Å²) in [5, 5.41) is 3.00. The molecule has 112 valence electrons. The van der Waals surface area contributed by atoms with Crippen molar-refractivity contribution in [2.75, 3.05) is 32.7 Å². The van der Waals surface area contributed by atoms with E-state index in [0.29, 0.717) is 38.0 Å². The van der Waals surface area contributed by atoms with E-state index in [-0.39, 0.29) is 11.9 Å². The van der Waals surface area contributed by atoms with Crippen molar-refractivity contribution in [3.8, 4) is 0 Å². The minimum Gasteiger partial charge on any atom is -0.339 e. The average Bonchev–Trinajstić information content (AvgIpc) is 3.16. The van der Waals surface area contributed by atoms with Crippen LogP contribution >= 0.6 is 0 Å². The second kappa shape index (κ2) is 6.02. The molecular formula is C15H25N3O2. The Morgan fingerprint density at radius 1 is 0.900 bits per heavy atom. The number of hydrogen-bond donors (Lipinski definition) is 1. The van der Waals surface area contributed by atoms with Crippen molar-refractivity contribution < 1.29 is 9.59 Å². The second-order valence-electron chi connectivity index (χ2n) is 6.42. The summed E-state index contributed by atoms with van der Waals surface area (Å²) < 4.78 is 0. The van der Waals surface area contributed by atoms with E-state index in [1.807, 2.05) is 9.80 Å². The first-order chi connectivity index (χ1) is 9.74. The van der Waals surface area contributed by atoms with Crippen LogP contribution in [0.4, 0.5) is 4.79 Å². The minimum absolute atomic E-state index is 0.0462. The summed E-state index contributed by atoms with van der Waals surface area (Å²) in [6.07, 6.45) is 7.01. The summed E-state index contributed by atoms with van der Waals surface area (Å²) in [4.78, 5) is 28.1. The average molecular weight is 279 g/mol. The van der Waals surface area contributed by atoms with Gasteiger partial charge in [0, 0.05) is 38.6 Å². The van der Waals surface area contributed by atoms with Crippen molar-refractivity contribution in [1.82, 2.24) is 15.1 Å². The predicted octanol–water partition coefficient (Wildman–Crippen LogP) is 1.44. The van der Waals surface area contributed by atoms with E-state index in [0.717, 1.165) is 19.4 Å². The van der Waals surface area contributed by atoms with Crippen LogP contribution in [-0.4, -0.2) is 54.5 Å². The Bertz CT molecular complexity index is 367. The Balaban J connectivity index is 1.41. The maximum absolute atomic E-state index is 12.3. The van der Waals surface area contributed by atoms with E-state index in [1.165, 1.54) is 25.7 Å². The fourth-order valence-electron chi connectivity index (χ4n) is 3.23. The molecule has 1 aliphatic heterocycles. The highest BCUT2D eigenvalue weighted by Crippen LogP contribution is 2.28. The van der Waals surface area contributed by atoms with Crippen LogP contribution in [0.25, 0.3) is 0 Å². The van der Waals surface area contributed by atoms with Crippen LogP contribution in [0.3, 0.4) is 0 Å². The van der Waals surface area contributed by atoms with Crippen molar-refractivity contribution in [1.29, 1.82) is 0 Å². The van der Waals surface area contributed by atoms with Crippen LogP contribution in [0.2, 0.25) is 0 Å². The molecule has 3 amide bonds. The topological polar surface area (TPSA) is 52.7 Å². The standard InChI is InChI=1S/C15H25N3O2/c19-14(13-3-1-2-4-13)17-7-9-18(10-8-17)15(20)16-11-12-5-6-12/h12-13H,1-11H2,(H,16,20). The van der Waals surface area contributed by atoms with Gasteiger partial charge >= 0.3 is 6.03 Å². The molecule has 5 heteroatoms. The second-order valence-corrected chi connectivity index (χ2v) is 6.42. The Hall–Kier alpha value is -1.26. The van der Waals surface area contributed by atoms with Gasteiger partial charge in [-0.15, -0.1) is 0 Å². The number of rotatable bonds is 3. The highest BCUT2D eigenvalue weighted by Gasteiger charge is 2.30. The summed E-state index contributed by atoms with van der Waals surface area (Å²) in [7, 11) is 0. The lowest BCUT2D eigenvalue weighted by atomic mass is 10.1. The van der Waals surface area contributed by atoms with Crippen molar-refractivity contribution >= 4 is 11.9 Å². The van der Waals surface area contributed by atoms with Gasteiger partial charge in [-0.05, 0) is 31.6 Å². The Labute approximate surface area is 120 Å². The van der Waals surface area contributed by atoms with E-state index < -0.39 is 0 Å². The Morgan fingerprint density at radius 2 is 1.50 bits per heavy atom. The van der Waals surface area contributed by atoms with Gasteiger partial charge in [-0.25, -0.2) is 4.79 Å². The molecule has 0 aromatic rings. The van der Waals surface area contributed by atoms with Crippen LogP contribution in [0.5, 0.6) is 0 Å². The largest absolute Gasteiger partial charge is 0.339 e. The molecule has 20 heavy (non-hydrogen) atoms. The van der Waals surface area contributed by atoms with Gasteiger partial charge in [0.05, 0.1) is 0 Å². The van der Waals surface area contributed by atoms with E-state index >= 15 is 0 Å². The van der Waals surface area contributed by atoms with E-state index in [4.69, 9.17) is 0 Å². The van der Waals surface area contributed by atoms with Gasteiger partial charge in [0.2, 0.25) is 5.91 Å². The lowest BCUT2D eigenvalue weighted by Crippen LogP contribution is -2.54. The number of nitrogens with one attached hydrogen (secondary N) is 1. The molecule has 0 aromatic carbocycles. The smallest absolute Gasteiger partial charge is 0.317 e. The maximum Gasteiger partial charge on any atom is 0.317 e. The third-order valence-electron chi connectivity index (χ3n) is 4.82. The van der Waals surface area contributed by atoms with Crippen LogP contribution in [0, 0.1) is 11.8 Å². The summed E-state index contributed by atoms with van der Waals surface area (Å²) in [5.74, 6) is 1.29. The number of piperazine rings is 1. The summed E-state index contributed by atoms with van der Waals surface area (Å²) >= 11 is 0. The zero-order valence-corrected chi connectivity index (χ0v) is 12.1. The predicted molar refractivity (Wildman–Crippen MR) is 76.2 cm³/mol. The van der Waals surface area contributed by atoms with E-state index in [1.54, 1.807) is 0 Å². The first-order valence-electron chi connectivity index (χ1n) is 8.05. The molecule has 0 atom stereocenters. The monoisotopic (exact) mass is 279 g/mol. The van der Waals surface area contributed by atoms with Gasteiger partial charge in [0.25, 0.3) is 0 Å². The first kappa shape index (κ1) is 13.7. The van der Waals surface area contributed by atoms with E-state index in [9.17, 15) is 9.59 Å². The molecule has 0 unspecified atom stereocenters. The Kier molecular flexibility index (Phi) is 4.13. The summed E-state index contributed by atoms with van der Waals surface area (Å²) in [5.41, 5.74) is 0. The molecule has 3 rings (SSSR count). The third-order valence-corrected chi connectivity index (χ3v) is 4.82. The number of urea groups is 1. The highest BCUT2D eigenvalue weighted by molar-refractivity contribution is 5.80. The molecule has 3 aliphatic rings. The SMILES string of the molecule is O=C(NCC1CC1)N1CCN(C(=O)C2CCCC2)CC1. The van der Waals surface area contributed by atoms with Crippen molar-refractivity contribution in [2.45, 2.75) is 38.5 Å². The van der Waals surface area contributed by atoms with Crippen LogP contribution in [-0.2, 0) is 4.79 Å². The molecule has 2 saturated carbocycles. The van der Waals surface area contributed by atoms with Crippen LogP contribution < -0.4 is 5.32 Å². The zero-order chi connectivity index (χ0) is 13.9. The van der Waals surface area contributed by atoms with Crippen molar-refractivity contribution in [3.05, 3.63) is 0 Å². The molecule has 0 bridgehead atoms. The van der Waals surface area contributed by atoms with Gasteiger partial charge in [0.1, 0.15) is 0 Å². The molecular weight excluding hydrogens is 254 g/mol. The lowest BCUT2D eigenvalue weighted by molar-refractivity contribution is -0.136. The molecule has 0 aromatic heterocycles. The maximum atomic E-state index is 12.3. The molecule has 1 heterocycles. The van der Waals surface area contributed by atoms with Crippen molar-refractivity contribution in [3.63, 3.8) is 0 Å². The molecule has 0 spiro atoms. The minimum atomic E-state index is 0.0462. The van der Waals surface area contributed by atoms with Gasteiger partial charge in [-0.2, -0.15) is 0 Å². The van der Waals surface area contributed by atoms with Crippen LogP contribution in [0.1, 0.15) is 38.5 Å². The number of hydrogen-bond acceptors (Lipinski definition) is 2. The van der Waals surface area contributed by atoms with Crippen molar-refractivity contribution in [2.24, 2.45) is 11.8 Å². The van der Waals surface area contributed by atoms with Crippen LogP contribution in [0.15, 0.2) is 0 Å². The first-order valence-corrected chi connectivity index (χ1v) is 8.05. The summed E-state index contributed by atoms with van der Waals surface area (Å²) in [6.45, 7) is 3.57. The quantitative estimate of drug-likeness (QED) is 0.850. The van der Waals surface area contributed by atoms with Gasteiger partial charge in [-0.3, -0.25) is 4.79 Å². The highest BCUT2D eigenvalue weighted by atomic mass is 16.2. The molecule has 1 N–H and O–H groups in total. The zero-order valence-electron chi connectivity index (χ0n) is 12.1. The van der Waals surface area contributed by atoms with E-state index in [2.05, 4.69) is 5.32 Å². The number of nitrogens with zero attached hydrogens (tertiary/aromatic N) is 2. The fraction of sp³-hybridized carbons (Fsp3) is 0.867. The number of amides is 3. The molecule has 0 radical (unpaired) electrons. The number of carbonyl (C=O) groups is 2. The normalized spacial score (nSPS) is 24.0. The van der Waals surface area contributed by atoms with Gasteiger partial charge in [0.15, 0.2) is 0 Å². The Morgan fingerprint density at radius 3 is 2.10 bits per heavy atom. The summed E-state index contributed by atoms with van der Waals surface area (Å²) in [6, 6.07) is 0.0462. The molecule has 3 fully saturated rings. The molecule has 2 aliphatic carbocycles. The van der Waals surface area contributed by atoms with Gasteiger partial charge in [-0.1, -0.05) is 12.8 Å². The van der Waals surface area contributed by atoms with Gasteiger partial charge < -0.3 is 15.1 Å².